The van der Waals surface area contributed by atoms with Gasteiger partial charge in [0, 0.05) is 47.4 Å². The first-order chi connectivity index (χ1) is 25.5. The van der Waals surface area contributed by atoms with Gasteiger partial charge in [0.15, 0.2) is 5.58 Å². The lowest BCUT2D eigenvalue weighted by Gasteiger charge is -2.32. The molecule has 3 heteroatoms. The van der Waals surface area contributed by atoms with Crippen molar-refractivity contribution in [3.8, 4) is 22.3 Å². The third kappa shape index (κ3) is 4.17. The van der Waals surface area contributed by atoms with Gasteiger partial charge in [0.05, 0.1) is 11.4 Å². The van der Waals surface area contributed by atoms with Gasteiger partial charge in [-0.25, -0.2) is 0 Å². The van der Waals surface area contributed by atoms with Crippen molar-refractivity contribution in [2.24, 2.45) is 0 Å². The molecule has 2 aromatic heterocycles. The van der Waals surface area contributed by atoms with Crippen LogP contribution in [0.2, 0.25) is 0 Å². The van der Waals surface area contributed by atoms with Crippen molar-refractivity contribution in [2.75, 3.05) is 4.90 Å². The summed E-state index contributed by atoms with van der Waals surface area (Å²) in [6.07, 6.45) is 0. The van der Waals surface area contributed by atoms with Crippen molar-refractivity contribution >= 4 is 81.3 Å². The molecule has 0 fully saturated rings. The van der Waals surface area contributed by atoms with E-state index in [1.54, 1.807) is 0 Å². The standard InChI is InChI=1S/C49H33NOS/c1-49(2)41-17-7-5-13-35(41)38-15-9-18-42(46(38)49)50(43-19-10-16-39-40-28-23-31-11-3-4-12-34(31)47(40)51-48(39)43)33-25-21-30(22-26-33)32-24-27-37-36-14-6-8-20-44(36)52-45(37)29-32/h3-29H,1-2H3. The number of nitrogens with zero attached hydrogens (tertiary/aromatic N) is 1. The first-order valence-electron chi connectivity index (χ1n) is 17.9. The van der Waals surface area contributed by atoms with E-state index in [1.165, 1.54) is 58.9 Å². The summed E-state index contributed by atoms with van der Waals surface area (Å²) in [6, 6.07) is 59.8. The highest BCUT2D eigenvalue weighted by Crippen LogP contribution is 2.55. The molecule has 0 amide bonds. The normalized spacial score (nSPS) is 13.3. The molecule has 2 nitrogen and oxygen atoms in total. The van der Waals surface area contributed by atoms with Crippen LogP contribution in [0, 0.1) is 0 Å². The molecule has 0 spiro atoms. The summed E-state index contributed by atoms with van der Waals surface area (Å²) < 4.78 is 9.61. The van der Waals surface area contributed by atoms with Crippen LogP contribution in [0.4, 0.5) is 17.1 Å². The average molecular weight is 684 g/mol. The van der Waals surface area contributed by atoms with Crippen LogP contribution >= 0.6 is 11.3 Å². The highest BCUT2D eigenvalue weighted by Gasteiger charge is 2.39. The van der Waals surface area contributed by atoms with Crippen molar-refractivity contribution in [3.63, 3.8) is 0 Å². The number of anilines is 3. The summed E-state index contributed by atoms with van der Waals surface area (Å²) in [6.45, 7) is 4.72. The number of rotatable bonds is 4. The Hall–Kier alpha value is -6.16. The minimum atomic E-state index is -0.196. The maximum absolute atomic E-state index is 6.97. The summed E-state index contributed by atoms with van der Waals surface area (Å²) in [5.41, 5.74) is 12.6. The molecule has 52 heavy (non-hydrogen) atoms. The van der Waals surface area contributed by atoms with Crippen LogP contribution < -0.4 is 4.90 Å². The molecule has 0 aliphatic heterocycles. The smallest absolute Gasteiger partial charge is 0.159 e. The van der Waals surface area contributed by atoms with E-state index in [0.29, 0.717) is 0 Å². The summed E-state index contributed by atoms with van der Waals surface area (Å²) in [5.74, 6) is 0. The number of fused-ring (bicyclic) bond motifs is 11. The minimum absolute atomic E-state index is 0.196. The highest BCUT2D eigenvalue weighted by molar-refractivity contribution is 7.25. The highest BCUT2D eigenvalue weighted by atomic mass is 32.1. The van der Waals surface area contributed by atoms with Crippen LogP contribution in [0.1, 0.15) is 25.0 Å². The fourth-order valence-corrected chi connectivity index (χ4v) is 9.95. The monoisotopic (exact) mass is 683 g/mol. The van der Waals surface area contributed by atoms with Gasteiger partial charge in [0.2, 0.25) is 0 Å². The van der Waals surface area contributed by atoms with Crippen LogP contribution in [0.15, 0.2) is 168 Å². The lowest BCUT2D eigenvalue weighted by molar-refractivity contribution is 0.659. The number of furan rings is 1. The summed E-state index contributed by atoms with van der Waals surface area (Å²) in [5, 5.41) is 7.21. The second-order valence-electron chi connectivity index (χ2n) is 14.5. The molecule has 1 aliphatic carbocycles. The van der Waals surface area contributed by atoms with E-state index >= 15 is 0 Å². The van der Waals surface area contributed by atoms with Crippen LogP contribution in [0.3, 0.4) is 0 Å². The molecular formula is C49H33NOS. The van der Waals surface area contributed by atoms with Crippen molar-refractivity contribution < 1.29 is 4.42 Å². The Balaban J connectivity index is 1.13. The minimum Gasteiger partial charge on any atom is -0.453 e. The molecule has 0 saturated heterocycles. The van der Waals surface area contributed by atoms with E-state index < -0.39 is 0 Å². The zero-order valence-electron chi connectivity index (χ0n) is 28.9. The molecule has 2 heterocycles. The quantitative estimate of drug-likeness (QED) is 0.184. The molecule has 10 aromatic rings. The molecule has 0 atom stereocenters. The Kier molecular flexibility index (Phi) is 6.21. The molecule has 8 aromatic carbocycles. The molecular weight excluding hydrogens is 651 g/mol. The maximum atomic E-state index is 6.97. The van der Waals surface area contributed by atoms with Gasteiger partial charge in [-0.2, -0.15) is 0 Å². The van der Waals surface area contributed by atoms with E-state index in [-0.39, 0.29) is 5.41 Å². The van der Waals surface area contributed by atoms with E-state index in [0.717, 1.165) is 44.4 Å². The Morgan fingerprint density at radius 3 is 2.04 bits per heavy atom. The van der Waals surface area contributed by atoms with E-state index in [4.69, 9.17) is 4.42 Å². The van der Waals surface area contributed by atoms with E-state index in [9.17, 15) is 0 Å². The largest absolute Gasteiger partial charge is 0.453 e. The van der Waals surface area contributed by atoms with Crippen molar-refractivity contribution in [3.05, 3.63) is 175 Å². The Morgan fingerprint density at radius 1 is 0.481 bits per heavy atom. The number of hydrogen-bond acceptors (Lipinski definition) is 3. The third-order valence-electron chi connectivity index (χ3n) is 11.2. The third-order valence-corrected chi connectivity index (χ3v) is 12.4. The first-order valence-corrected chi connectivity index (χ1v) is 18.7. The fraction of sp³-hybridized carbons (Fsp3) is 0.0612. The van der Waals surface area contributed by atoms with E-state index in [1.807, 2.05) is 11.3 Å². The number of para-hydroxylation sites is 1. The van der Waals surface area contributed by atoms with Crippen molar-refractivity contribution in [1.82, 2.24) is 0 Å². The summed E-state index contributed by atoms with van der Waals surface area (Å²) >= 11 is 1.86. The average Bonchev–Trinajstić information content (AvgIpc) is 3.84. The molecule has 246 valence electrons. The zero-order valence-corrected chi connectivity index (χ0v) is 29.7. The van der Waals surface area contributed by atoms with Gasteiger partial charge in [-0.1, -0.05) is 135 Å². The lowest BCUT2D eigenvalue weighted by atomic mass is 9.81. The molecule has 0 bridgehead atoms. The second-order valence-corrected chi connectivity index (χ2v) is 15.6. The van der Waals surface area contributed by atoms with Crippen LogP contribution in [-0.2, 0) is 5.41 Å². The predicted molar refractivity (Wildman–Crippen MR) is 222 cm³/mol. The summed E-state index contributed by atoms with van der Waals surface area (Å²) in [4.78, 5) is 2.43. The number of benzene rings is 8. The van der Waals surface area contributed by atoms with Gasteiger partial charge < -0.3 is 9.32 Å². The Labute approximate surface area is 305 Å². The van der Waals surface area contributed by atoms with Crippen molar-refractivity contribution in [1.29, 1.82) is 0 Å². The van der Waals surface area contributed by atoms with Gasteiger partial charge in [-0.15, -0.1) is 11.3 Å². The number of hydrogen-bond donors (Lipinski definition) is 0. The summed E-state index contributed by atoms with van der Waals surface area (Å²) in [7, 11) is 0. The Bertz CT molecular complexity index is 3050. The molecule has 1 aliphatic rings. The Morgan fingerprint density at radius 2 is 1.13 bits per heavy atom. The van der Waals surface area contributed by atoms with Gasteiger partial charge in [0.25, 0.3) is 0 Å². The lowest BCUT2D eigenvalue weighted by Crippen LogP contribution is -2.20. The van der Waals surface area contributed by atoms with Gasteiger partial charge in [-0.05, 0) is 81.2 Å². The van der Waals surface area contributed by atoms with Gasteiger partial charge in [-0.3, -0.25) is 0 Å². The van der Waals surface area contributed by atoms with Crippen LogP contribution in [-0.4, -0.2) is 0 Å². The van der Waals surface area contributed by atoms with Crippen LogP contribution in [0.5, 0.6) is 0 Å². The van der Waals surface area contributed by atoms with E-state index in [2.05, 4.69) is 183 Å². The predicted octanol–water partition coefficient (Wildman–Crippen LogP) is 14.6. The maximum Gasteiger partial charge on any atom is 0.159 e. The molecule has 0 radical (unpaired) electrons. The molecule has 0 unspecified atom stereocenters. The SMILES string of the molecule is CC1(C)c2ccccc2-c2cccc(N(c3ccc(-c4ccc5c(c4)sc4ccccc45)cc3)c3cccc4c3oc3c5ccccc5ccc43)c21. The molecule has 0 saturated carbocycles. The molecule has 0 N–H and O–H groups in total. The zero-order chi connectivity index (χ0) is 34.6. The van der Waals surface area contributed by atoms with Crippen LogP contribution in [0.25, 0.3) is 75.1 Å². The topological polar surface area (TPSA) is 16.4 Å². The number of thiophene rings is 1. The van der Waals surface area contributed by atoms with Crippen molar-refractivity contribution in [2.45, 2.75) is 19.3 Å². The van der Waals surface area contributed by atoms with Gasteiger partial charge in [0.1, 0.15) is 5.58 Å². The second kappa shape index (κ2) is 10.9. The first kappa shape index (κ1) is 29.6. The fourth-order valence-electron chi connectivity index (χ4n) is 8.81. The van der Waals surface area contributed by atoms with Gasteiger partial charge >= 0.3 is 0 Å². The molecule has 11 rings (SSSR count).